The SMILES string of the molecule is Cc1cc(OCC=C(c2ccc(-c3ccc(F)cc3F)cc2)c2ccc(-c3ccc(F)cc3F)cc2)ccc1OCC(=O)O. The zero-order chi connectivity index (χ0) is 31.2. The van der Waals surface area contributed by atoms with Crippen molar-refractivity contribution in [2.45, 2.75) is 6.92 Å². The molecule has 8 heteroatoms. The van der Waals surface area contributed by atoms with Gasteiger partial charge in [0.15, 0.2) is 6.61 Å². The smallest absolute Gasteiger partial charge is 0.341 e. The Labute approximate surface area is 251 Å². The molecule has 0 spiro atoms. The highest BCUT2D eigenvalue weighted by atomic mass is 19.1. The number of hydrogen-bond donors (Lipinski definition) is 1. The van der Waals surface area contributed by atoms with E-state index in [1.807, 2.05) is 30.3 Å². The molecule has 5 rings (SSSR count). The third kappa shape index (κ3) is 7.15. The molecule has 0 aliphatic heterocycles. The van der Waals surface area contributed by atoms with Gasteiger partial charge in [0, 0.05) is 23.3 Å². The lowest BCUT2D eigenvalue weighted by Crippen LogP contribution is -2.10. The fourth-order valence-electron chi connectivity index (χ4n) is 4.74. The molecule has 44 heavy (non-hydrogen) atoms. The first-order valence-electron chi connectivity index (χ1n) is 13.6. The minimum absolute atomic E-state index is 0.160. The lowest BCUT2D eigenvalue weighted by molar-refractivity contribution is -0.139. The zero-order valence-electron chi connectivity index (χ0n) is 23.5. The Morgan fingerprint density at radius 3 is 1.66 bits per heavy atom. The van der Waals surface area contributed by atoms with E-state index in [1.165, 1.54) is 24.3 Å². The van der Waals surface area contributed by atoms with E-state index in [0.717, 1.165) is 28.8 Å². The first-order chi connectivity index (χ1) is 21.2. The highest BCUT2D eigenvalue weighted by Crippen LogP contribution is 2.31. The highest BCUT2D eigenvalue weighted by molar-refractivity contribution is 5.82. The summed E-state index contributed by atoms with van der Waals surface area (Å²) in [5, 5.41) is 8.85. The quantitative estimate of drug-likeness (QED) is 0.163. The van der Waals surface area contributed by atoms with Crippen molar-refractivity contribution >= 4 is 11.5 Å². The number of aryl methyl sites for hydroxylation is 1. The van der Waals surface area contributed by atoms with Gasteiger partial charge in [-0.3, -0.25) is 0 Å². The number of halogens is 4. The topological polar surface area (TPSA) is 55.8 Å². The lowest BCUT2D eigenvalue weighted by Gasteiger charge is -2.13. The van der Waals surface area contributed by atoms with E-state index in [4.69, 9.17) is 14.6 Å². The van der Waals surface area contributed by atoms with Gasteiger partial charge in [-0.15, -0.1) is 0 Å². The van der Waals surface area contributed by atoms with Crippen LogP contribution in [0.3, 0.4) is 0 Å². The van der Waals surface area contributed by atoms with E-state index in [2.05, 4.69) is 0 Å². The summed E-state index contributed by atoms with van der Waals surface area (Å²) in [6.45, 7) is 1.49. The number of hydrogen-bond acceptors (Lipinski definition) is 3. The van der Waals surface area contributed by atoms with Gasteiger partial charge in [0.2, 0.25) is 0 Å². The van der Waals surface area contributed by atoms with Crippen LogP contribution in [-0.2, 0) is 4.79 Å². The molecule has 0 bridgehead atoms. The number of carboxylic acids is 1. The van der Waals surface area contributed by atoms with Crippen molar-refractivity contribution in [2.24, 2.45) is 0 Å². The van der Waals surface area contributed by atoms with Crippen molar-refractivity contribution in [3.05, 3.63) is 149 Å². The van der Waals surface area contributed by atoms with Crippen LogP contribution in [0.2, 0.25) is 0 Å². The fraction of sp³-hybridized carbons (Fsp3) is 0.0833. The van der Waals surface area contributed by atoms with E-state index in [-0.39, 0.29) is 17.7 Å². The van der Waals surface area contributed by atoms with Crippen LogP contribution in [0.15, 0.2) is 109 Å². The number of aliphatic carboxylic acids is 1. The Morgan fingerprint density at radius 2 is 1.20 bits per heavy atom. The summed E-state index contributed by atoms with van der Waals surface area (Å²) in [5.41, 5.74) is 4.74. The summed E-state index contributed by atoms with van der Waals surface area (Å²) in [7, 11) is 0. The largest absolute Gasteiger partial charge is 0.489 e. The van der Waals surface area contributed by atoms with E-state index in [0.29, 0.717) is 28.2 Å². The molecule has 0 radical (unpaired) electrons. The van der Waals surface area contributed by atoms with E-state index in [1.54, 1.807) is 49.4 Å². The van der Waals surface area contributed by atoms with Crippen LogP contribution in [0.5, 0.6) is 11.5 Å². The van der Waals surface area contributed by atoms with Gasteiger partial charge >= 0.3 is 5.97 Å². The van der Waals surface area contributed by atoms with Crippen molar-refractivity contribution in [1.29, 1.82) is 0 Å². The number of benzene rings is 5. The first-order valence-corrected chi connectivity index (χ1v) is 13.6. The number of rotatable bonds is 10. The van der Waals surface area contributed by atoms with Crippen LogP contribution in [0.25, 0.3) is 27.8 Å². The second-order valence-electron chi connectivity index (χ2n) is 9.94. The van der Waals surface area contributed by atoms with Gasteiger partial charge in [0.05, 0.1) is 0 Å². The average molecular weight is 599 g/mol. The molecule has 0 aromatic heterocycles. The summed E-state index contributed by atoms with van der Waals surface area (Å²) in [6, 6.07) is 26.1. The monoisotopic (exact) mass is 598 g/mol. The molecule has 4 nitrogen and oxygen atoms in total. The Balaban J connectivity index is 1.43. The van der Waals surface area contributed by atoms with Gasteiger partial charge < -0.3 is 14.6 Å². The predicted octanol–water partition coefficient (Wildman–Crippen LogP) is 8.86. The minimum Gasteiger partial charge on any atom is -0.489 e. The van der Waals surface area contributed by atoms with Crippen molar-refractivity contribution in [1.82, 2.24) is 0 Å². The van der Waals surface area contributed by atoms with Crippen LogP contribution in [0.4, 0.5) is 17.6 Å². The maximum Gasteiger partial charge on any atom is 0.341 e. The number of carboxylic acid groups (broad SMARTS) is 1. The molecule has 0 fully saturated rings. The van der Waals surface area contributed by atoms with Crippen LogP contribution >= 0.6 is 0 Å². The molecule has 5 aromatic rings. The molecular weight excluding hydrogens is 572 g/mol. The van der Waals surface area contributed by atoms with E-state index in [9.17, 15) is 22.4 Å². The van der Waals surface area contributed by atoms with Crippen molar-refractivity contribution in [3.63, 3.8) is 0 Å². The van der Waals surface area contributed by atoms with Crippen molar-refractivity contribution in [2.75, 3.05) is 13.2 Å². The molecule has 222 valence electrons. The standard InChI is InChI=1S/C36H26F4O4/c1-22-18-29(12-15-35(22)44-21-36(41)42)43-17-16-30(23-2-6-25(7-3-23)31-13-10-27(37)19-33(31)39)24-4-8-26(9-5-24)32-14-11-28(38)20-34(32)40/h2-16,18-20H,17,21H2,1H3,(H,41,42). The molecule has 0 aliphatic carbocycles. The van der Waals surface area contributed by atoms with Gasteiger partial charge in [-0.05, 0) is 88.9 Å². The zero-order valence-corrected chi connectivity index (χ0v) is 23.5. The van der Waals surface area contributed by atoms with Crippen LogP contribution < -0.4 is 9.47 Å². The lowest BCUT2D eigenvalue weighted by atomic mass is 9.93. The Kier molecular flexibility index (Phi) is 9.09. The highest BCUT2D eigenvalue weighted by Gasteiger charge is 2.12. The summed E-state index contributed by atoms with van der Waals surface area (Å²) in [6.07, 6.45) is 1.87. The van der Waals surface area contributed by atoms with Gasteiger partial charge in [0.25, 0.3) is 0 Å². The second-order valence-corrected chi connectivity index (χ2v) is 9.94. The Hall–Kier alpha value is -5.37. The first kappa shape index (κ1) is 30.1. The second kappa shape index (κ2) is 13.3. The molecule has 0 aliphatic rings. The molecule has 0 saturated heterocycles. The summed E-state index contributed by atoms with van der Waals surface area (Å²) in [4.78, 5) is 10.8. The Bertz CT molecular complexity index is 1730. The molecule has 0 saturated carbocycles. The minimum atomic E-state index is -1.07. The third-order valence-electron chi connectivity index (χ3n) is 6.91. The van der Waals surface area contributed by atoms with Gasteiger partial charge in [-0.25, -0.2) is 22.4 Å². The van der Waals surface area contributed by atoms with E-state index >= 15 is 0 Å². The molecule has 5 aromatic carbocycles. The third-order valence-corrected chi connectivity index (χ3v) is 6.91. The van der Waals surface area contributed by atoms with Gasteiger partial charge in [-0.2, -0.15) is 0 Å². The summed E-state index contributed by atoms with van der Waals surface area (Å²) in [5.74, 6) is -2.74. The van der Waals surface area contributed by atoms with Gasteiger partial charge in [0.1, 0.15) is 41.4 Å². The maximum absolute atomic E-state index is 14.4. The summed E-state index contributed by atoms with van der Waals surface area (Å²) < 4.78 is 66.9. The predicted molar refractivity (Wildman–Crippen MR) is 160 cm³/mol. The number of carbonyl (C=O) groups is 1. The molecule has 0 atom stereocenters. The molecule has 0 amide bonds. The van der Waals surface area contributed by atoms with E-state index < -0.39 is 35.8 Å². The van der Waals surface area contributed by atoms with Crippen LogP contribution in [0, 0.1) is 30.2 Å². The molecule has 0 heterocycles. The molecule has 1 N–H and O–H groups in total. The van der Waals surface area contributed by atoms with Gasteiger partial charge in [-0.1, -0.05) is 48.5 Å². The van der Waals surface area contributed by atoms with Crippen LogP contribution in [-0.4, -0.2) is 24.3 Å². The van der Waals surface area contributed by atoms with Crippen LogP contribution in [0.1, 0.15) is 16.7 Å². The van der Waals surface area contributed by atoms with Crippen molar-refractivity contribution in [3.8, 4) is 33.8 Å². The summed E-state index contributed by atoms with van der Waals surface area (Å²) >= 11 is 0. The van der Waals surface area contributed by atoms with Crippen molar-refractivity contribution < 1.29 is 36.9 Å². The average Bonchev–Trinajstić information content (AvgIpc) is 2.99. The maximum atomic E-state index is 14.4. The normalized spacial score (nSPS) is 10.8. The Morgan fingerprint density at radius 1 is 0.682 bits per heavy atom. The molecule has 0 unspecified atom stereocenters. The molecular formula is C36H26F4O4. The number of ether oxygens (including phenoxy) is 2. The fourth-order valence-corrected chi connectivity index (χ4v) is 4.74.